The maximum absolute atomic E-state index is 12.4. The first-order valence-electron chi connectivity index (χ1n) is 10.4. The van der Waals surface area contributed by atoms with E-state index in [4.69, 9.17) is 9.84 Å². The van der Waals surface area contributed by atoms with E-state index in [2.05, 4.69) is 17.4 Å². The van der Waals surface area contributed by atoms with Crippen molar-refractivity contribution in [1.82, 2.24) is 10.2 Å². The zero-order chi connectivity index (χ0) is 22.5. The number of aliphatic carboxylic acids is 1. The van der Waals surface area contributed by atoms with E-state index in [-0.39, 0.29) is 37.4 Å². The van der Waals surface area contributed by atoms with Gasteiger partial charge in [-0.05, 0) is 43.0 Å². The Balaban J connectivity index is 1.57. The molecule has 2 amide bonds. The average Bonchev–Trinajstić information content (AvgIpc) is 3.04. The number of carbonyl (C=O) groups excluding carboxylic acids is 2. The molecule has 0 bridgehead atoms. The molecule has 2 N–H and O–H groups in total. The Kier molecular flexibility index (Phi) is 6.95. The lowest BCUT2D eigenvalue weighted by molar-refractivity contribution is -0.146. The van der Waals surface area contributed by atoms with Gasteiger partial charge in [-0.3, -0.25) is 9.59 Å². The van der Waals surface area contributed by atoms with Crippen LogP contribution in [0.15, 0.2) is 48.5 Å². The fourth-order valence-corrected chi connectivity index (χ4v) is 3.98. The van der Waals surface area contributed by atoms with Crippen molar-refractivity contribution in [1.29, 1.82) is 0 Å². The summed E-state index contributed by atoms with van der Waals surface area (Å²) in [6, 6.07) is 15.4. The van der Waals surface area contributed by atoms with Crippen molar-refractivity contribution < 1.29 is 24.2 Å². The highest BCUT2D eigenvalue weighted by molar-refractivity contribution is 5.82. The molecule has 7 nitrogen and oxygen atoms in total. The number of nitrogens with one attached hydrogen (secondary N) is 1. The van der Waals surface area contributed by atoms with E-state index in [1.165, 1.54) is 4.90 Å². The van der Waals surface area contributed by atoms with Gasteiger partial charge in [0.15, 0.2) is 0 Å². The topological polar surface area (TPSA) is 95.9 Å². The Morgan fingerprint density at radius 3 is 2.06 bits per heavy atom. The number of fused-ring (bicyclic) bond motifs is 3. The third kappa shape index (κ3) is 5.23. The largest absolute Gasteiger partial charge is 0.480 e. The Labute approximate surface area is 182 Å². The summed E-state index contributed by atoms with van der Waals surface area (Å²) in [6.45, 7) is 5.03. The molecule has 0 saturated carbocycles. The van der Waals surface area contributed by atoms with Gasteiger partial charge in [-0.2, -0.15) is 0 Å². The number of hydrogen-bond donors (Lipinski definition) is 2. The normalized spacial score (nSPS) is 13.3. The van der Waals surface area contributed by atoms with Crippen molar-refractivity contribution in [3.05, 3.63) is 59.7 Å². The number of benzene rings is 2. The second-order valence-electron chi connectivity index (χ2n) is 8.08. The summed E-state index contributed by atoms with van der Waals surface area (Å²) in [6.07, 6.45) is -0.605. The third-order valence-electron chi connectivity index (χ3n) is 5.44. The van der Waals surface area contributed by atoms with E-state index in [9.17, 15) is 14.4 Å². The monoisotopic (exact) mass is 424 g/mol. The van der Waals surface area contributed by atoms with Crippen LogP contribution in [0.1, 0.15) is 44.2 Å². The van der Waals surface area contributed by atoms with Crippen molar-refractivity contribution in [2.45, 2.75) is 45.2 Å². The van der Waals surface area contributed by atoms with Crippen LogP contribution in [0, 0.1) is 0 Å². The maximum Gasteiger partial charge on any atom is 0.407 e. The van der Waals surface area contributed by atoms with Gasteiger partial charge in [0, 0.05) is 24.4 Å². The van der Waals surface area contributed by atoms with Crippen LogP contribution < -0.4 is 5.32 Å². The summed E-state index contributed by atoms with van der Waals surface area (Å²) in [5, 5.41) is 11.7. The van der Waals surface area contributed by atoms with Crippen LogP contribution in [0.2, 0.25) is 0 Å². The van der Waals surface area contributed by atoms with Gasteiger partial charge < -0.3 is 20.1 Å². The minimum atomic E-state index is -1.07. The SMILES string of the molecule is CC(C)N(CC(=O)O)C(=O)C[C@H](C)NC(=O)OCC1c2ccccc2-c2ccccc21. The molecule has 31 heavy (non-hydrogen) atoms. The summed E-state index contributed by atoms with van der Waals surface area (Å²) in [4.78, 5) is 37.0. The molecule has 1 aliphatic carbocycles. The number of amides is 2. The molecule has 0 aromatic heterocycles. The van der Waals surface area contributed by atoms with Gasteiger partial charge in [-0.25, -0.2) is 4.79 Å². The predicted octanol–water partition coefficient (Wildman–Crippen LogP) is 3.63. The highest BCUT2D eigenvalue weighted by Gasteiger charge is 2.29. The lowest BCUT2D eigenvalue weighted by Crippen LogP contribution is -2.44. The summed E-state index contributed by atoms with van der Waals surface area (Å²) in [5.41, 5.74) is 4.55. The van der Waals surface area contributed by atoms with Gasteiger partial charge >= 0.3 is 12.1 Å². The zero-order valence-corrected chi connectivity index (χ0v) is 18.0. The van der Waals surface area contributed by atoms with Gasteiger partial charge in [0.2, 0.25) is 5.91 Å². The second-order valence-corrected chi connectivity index (χ2v) is 8.08. The van der Waals surface area contributed by atoms with Gasteiger partial charge in [0.05, 0.1) is 0 Å². The highest BCUT2D eigenvalue weighted by atomic mass is 16.5. The number of carboxylic acid groups (broad SMARTS) is 1. The Hall–Kier alpha value is -3.35. The molecule has 0 radical (unpaired) electrons. The molecule has 0 heterocycles. The number of hydrogen-bond acceptors (Lipinski definition) is 4. The fourth-order valence-electron chi connectivity index (χ4n) is 3.98. The number of nitrogens with zero attached hydrogens (tertiary/aromatic N) is 1. The first kappa shape index (κ1) is 22.3. The average molecular weight is 424 g/mol. The minimum absolute atomic E-state index is 0.00431. The van der Waals surface area contributed by atoms with Gasteiger partial charge in [-0.1, -0.05) is 48.5 Å². The van der Waals surface area contributed by atoms with E-state index in [1.807, 2.05) is 36.4 Å². The number of carboxylic acids is 1. The van der Waals surface area contributed by atoms with E-state index >= 15 is 0 Å². The Bertz CT molecular complexity index is 926. The molecule has 0 fully saturated rings. The van der Waals surface area contributed by atoms with Crippen molar-refractivity contribution in [3.63, 3.8) is 0 Å². The fraction of sp³-hybridized carbons (Fsp3) is 0.375. The summed E-state index contributed by atoms with van der Waals surface area (Å²) in [7, 11) is 0. The van der Waals surface area contributed by atoms with Crippen molar-refractivity contribution >= 4 is 18.0 Å². The zero-order valence-electron chi connectivity index (χ0n) is 18.0. The number of carbonyl (C=O) groups is 3. The highest BCUT2D eigenvalue weighted by Crippen LogP contribution is 2.44. The molecule has 2 aromatic carbocycles. The molecule has 0 aliphatic heterocycles. The summed E-state index contributed by atoms with van der Waals surface area (Å²) < 4.78 is 5.50. The minimum Gasteiger partial charge on any atom is -0.480 e. The standard InChI is InChI=1S/C24H28N2O5/c1-15(2)26(13-23(28)29)22(27)12-16(3)25-24(30)31-14-21-19-10-6-4-8-17(19)18-9-5-7-11-20(18)21/h4-11,15-16,21H,12-14H2,1-3H3,(H,25,30)(H,28,29)/t16-/m0/s1. The van der Waals surface area contributed by atoms with Crippen LogP contribution in [-0.2, 0) is 14.3 Å². The Morgan fingerprint density at radius 1 is 1.00 bits per heavy atom. The summed E-state index contributed by atoms with van der Waals surface area (Å²) in [5.74, 6) is -1.44. The predicted molar refractivity (Wildman–Crippen MR) is 117 cm³/mol. The van der Waals surface area contributed by atoms with Crippen LogP contribution in [0.25, 0.3) is 11.1 Å². The van der Waals surface area contributed by atoms with Crippen LogP contribution in [0.5, 0.6) is 0 Å². The molecule has 3 rings (SSSR count). The van der Waals surface area contributed by atoms with Crippen molar-refractivity contribution in [3.8, 4) is 11.1 Å². The van der Waals surface area contributed by atoms with Crippen LogP contribution >= 0.6 is 0 Å². The van der Waals surface area contributed by atoms with Crippen molar-refractivity contribution in [2.75, 3.05) is 13.2 Å². The quantitative estimate of drug-likeness (QED) is 0.675. The first-order chi connectivity index (χ1) is 14.8. The first-order valence-corrected chi connectivity index (χ1v) is 10.4. The number of ether oxygens (including phenoxy) is 1. The number of alkyl carbamates (subject to hydrolysis) is 1. The third-order valence-corrected chi connectivity index (χ3v) is 5.44. The molecule has 0 unspecified atom stereocenters. The van der Waals surface area contributed by atoms with E-state index in [0.29, 0.717) is 0 Å². The lowest BCUT2D eigenvalue weighted by Gasteiger charge is -2.26. The van der Waals surface area contributed by atoms with Crippen molar-refractivity contribution in [2.24, 2.45) is 0 Å². The Morgan fingerprint density at radius 2 is 1.55 bits per heavy atom. The molecular formula is C24H28N2O5. The molecular weight excluding hydrogens is 396 g/mol. The van der Waals surface area contributed by atoms with Crippen LogP contribution in [0.4, 0.5) is 4.79 Å². The maximum atomic E-state index is 12.4. The van der Waals surface area contributed by atoms with E-state index < -0.39 is 18.1 Å². The van der Waals surface area contributed by atoms with Gasteiger partial charge in [-0.15, -0.1) is 0 Å². The van der Waals surface area contributed by atoms with Gasteiger partial charge in [0.25, 0.3) is 0 Å². The van der Waals surface area contributed by atoms with Crippen LogP contribution in [0.3, 0.4) is 0 Å². The molecule has 0 spiro atoms. The van der Waals surface area contributed by atoms with Crippen LogP contribution in [-0.4, -0.2) is 53.2 Å². The number of rotatable bonds is 8. The van der Waals surface area contributed by atoms with E-state index in [0.717, 1.165) is 22.3 Å². The molecule has 1 aliphatic rings. The van der Waals surface area contributed by atoms with Gasteiger partial charge in [0.1, 0.15) is 13.2 Å². The van der Waals surface area contributed by atoms with E-state index in [1.54, 1.807) is 20.8 Å². The molecule has 164 valence electrons. The smallest absolute Gasteiger partial charge is 0.407 e. The molecule has 2 aromatic rings. The second kappa shape index (κ2) is 9.64. The molecule has 7 heteroatoms. The molecule has 0 saturated heterocycles. The molecule has 1 atom stereocenters. The lowest BCUT2D eigenvalue weighted by atomic mass is 9.98. The summed E-state index contributed by atoms with van der Waals surface area (Å²) >= 11 is 0.